The predicted molar refractivity (Wildman–Crippen MR) is 50.8 cm³/mol. The van der Waals surface area contributed by atoms with Gasteiger partial charge in [-0.1, -0.05) is 20.8 Å². The van der Waals surface area contributed by atoms with Crippen LogP contribution < -0.4 is 0 Å². The van der Waals surface area contributed by atoms with E-state index in [0.717, 1.165) is 13.0 Å². The smallest absolute Gasteiger partial charge is 0.0743 e. The maximum Gasteiger partial charge on any atom is 0.0743 e. The number of hydrogen-bond acceptors (Lipinski definition) is 2. The van der Waals surface area contributed by atoms with Gasteiger partial charge >= 0.3 is 0 Å². The molecular weight excluding hydrogens is 138 g/mol. The van der Waals surface area contributed by atoms with Crippen molar-refractivity contribution in [2.45, 2.75) is 39.7 Å². The second-order valence-corrected chi connectivity index (χ2v) is 3.09. The summed E-state index contributed by atoms with van der Waals surface area (Å²) < 4.78 is 0. The van der Waals surface area contributed by atoms with Crippen LogP contribution in [0.1, 0.15) is 34.1 Å². The van der Waals surface area contributed by atoms with E-state index in [9.17, 15) is 5.11 Å². The highest BCUT2D eigenvalue weighted by atomic mass is 16.3. The Morgan fingerprint density at radius 3 is 1.73 bits per heavy atom. The molecule has 2 nitrogen and oxygen atoms in total. The zero-order valence-corrected chi connectivity index (χ0v) is 8.81. The van der Waals surface area contributed by atoms with Crippen LogP contribution in [-0.4, -0.2) is 36.2 Å². The molecule has 0 rings (SSSR count). The van der Waals surface area contributed by atoms with E-state index in [0.29, 0.717) is 0 Å². The largest absolute Gasteiger partial charge is 0.389 e. The Balaban J connectivity index is 0. The average molecular weight is 161 g/mol. The highest BCUT2D eigenvalue weighted by Gasteiger charge is 2.17. The third kappa shape index (κ3) is 9.92. The summed E-state index contributed by atoms with van der Waals surface area (Å²) >= 11 is 0. The lowest BCUT2D eigenvalue weighted by Crippen LogP contribution is -2.36. The normalized spacial score (nSPS) is 15.3. The third-order valence-corrected chi connectivity index (χ3v) is 1.42. The van der Waals surface area contributed by atoms with Crippen molar-refractivity contribution < 1.29 is 5.11 Å². The fraction of sp³-hybridized carbons (Fsp3) is 1.00. The Hall–Kier alpha value is -0.0800. The molecule has 0 aliphatic heterocycles. The standard InChI is InChI=1S/C7H17NO.C2H6/c1-5-7(2,9)6-8(3)4;1-2/h9H,5-6H2,1-4H3;1-2H3. The van der Waals surface area contributed by atoms with E-state index >= 15 is 0 Å². The van der Waals surface area contributed by atoms with Crippen molar-refractivity contribution in [2.75, 3.05) is 20.6 Å². The monoisotopic (exact) mass is 161 g/mol. The summed E-state index contributed by atoms with van der Waals surface area (Å²) in [6, 6.07) is 0. The molecule has 0 aromatic carbocycles. The lowest BCUT2D eigenvalue weighted by molar-refractivity contribution is 0.0301. The molecular formula is C9H23NO. The molecule has 0 saturated heterocycles. The molecule has 0 amide bonds. The predicted octanol–water partition coefficient (Wildman–Crippen LogP) is 1.74. The fourth-order valence-electron chi connectivity index (χ4n) is 0.793. The van der Waals surface area contributed by atoms with Crippen LogP contribution in [0, 0.1) is 0 Å². The summed E-state index contributed by atoms with van der Waals surface area (Å²) in [4.78, 5) is 1.99. The SMILES string of the molecule is CC.CCC(C)(O)CN(C)C. The van der Waals surface area contributed by atoms with Crippen LogP contribution in [0.4, 0.5) is 0 Å². The molecule has 0 aliphatic rings. The van der Waals surface area contributed by atoms with Crippen molar-refractivity contribution >= 4 is 0 Å². The molecule has 0 aromatic rings. The molecule has 1 unspecified atom stereocenters. The van der Waals surface area contributed by atoms with E-state index in [4.69, 9.17) is 0 Å². The van der Waals surface area contributed by atoms with Gasteiger partial charge in [0.15, 0.2) is 0 Å². The summed E-state index contributed by atoms with van der Waals surface area (Å²) in [6.45, 7) is 8.58. The average Bonchev–Trinajstić information content (AvgIpc) is 1.90. The summed E-state index contributed by atoms with van der Waals surface area (Å²) in [7, 11) is 3.92. The van der Waals surface area contributed by atoms with Gasteiger partial charge in [0.25, 0.3) is 0 Å². The minimum atomic E-state index is -0.510. The minimum Gasteiger partial charge on any atom is -0.389 e. The Kier molecular flexibility index (Phi) is 8.13. The van der Waals surface area contributed by atoms with Crippen molar-refractivity contribution in [3.8, 4) is 0 Å². The summed E-state index contributed by atoms with van der Waals surface area (Å²) in [5, 5.41) is 9.45. The summed E-state index contributed by atoms with van der Waals surface area (Å²) in [6.07, 6.45) is 0.811. The molecule has 1 atom stereocenters. The first kappa shape index (κ1) is 13.5. The topological polar surface area (TPSA) is 23.5 Å². The van der Waals surface area contributed by atoms with Crippen LogP contribution in [0.25, 0.3) is 0 Å². The van der Waals surface area contributed by atoms with E-state index in [1.54, 1.807) is 0 Å². The molecule has 0 aromatic heterocycles. The van der Waals surface area contributed by atoms with Gasteiger partial charge in [0, 0.05) is 6.54 Å². The van der Waals surface area contributed by atoms with Crippen molar-refractivity contribution in [1.29, 1.82) is 0 Å². The highest BCUT2D eigenvalue weighted by molar-refractivity contribution is 4.72. The fourth-order valence-corrected chi connectivity index (χ4v) is 0.793. The first-order chi connectivity index (χ1) is 4.98. The quantitative estimate of drug-likeness (QED) is 0.681. The lowest BCUT2D eigenvalue weighted by Gasteiger charge is -2.24. The van der Waals surface area contributed by atoms with Gasteiger partial charge in [0.1, 0.15) is 0 Å². The van der Waals surface area contributed by atoms with Crippen molar-refractivity contribution in [3.63, 3.8) is 0 Å². The molecule has 11 heavy (non-hydrogen) atoms. The lowest BCUT2D eigenvalue weighted by atomic mass is 10.0. The zero-order chi connectivity index (χ0) is 9.49. The first-order valence-corrected chi connectivity index (χ1v) is 4.35. The molecule has 2 heteroatoms. The van der Waals surface area contributed by atoms with Crippen LogP contribution in [0.5, 0.6) is 0 Å². The number of nitrogens with zero attached hydrogens (tertiary/aromatic N) is 1. The van der Waals surface area contributed by atoms with Gasteiger partial charge in [-0.15, -0.1) is 0 Å². The maximum absolute atomic E-state index is 9.45. The Labute approximate surface area is 71.2 Å². The summed E-state index contributed by atoms with van der Waals surface area (Å²) in [5.41, 5.74) is -0.510. The second kappa shape index (κ2) is 6.62. The number of rotatable bonds is 3. The van der Waals surface area contributed by atoms with Crippen LogP contribution in [-0.2, 0) is 0 Å². The third-order valence-electron chi connectivity index (χ3n) is 1.42. The van der Waals surface area contributed by atoms with Crippen LogP contribution >= 0.6 is 0 Å². The molecule has 70 valence electrons. The minimum absolute atomic E-state index is 0.510. The molecule has 0 saturated carbocycles. The van der Waals surface area contributed by atoms with Crippen molar-refractivity contribution in [2.24, 2.45) is 0 Å². The zero-order valence-electron chi connectivity index (χ0n) is 8.81. The Morgan fingerprint density at radius 2 is 1.64 bits per heavy atom. The van der Waals surface area contributed by atoms with E-state index in [2.05, 4.69) is 0 Å². The second-order valence-electron chi connectivity index (χ2n) is 3.09. The van der Waals surface area contributed by atoms with Crippen molar-refractivity contribution in [1.82, 2.24) is 4.90 Å². The molecule has 0 spiro atoms. The van der Waals surface area contributed by atoms with E-state index in [1.807, 2.05) is 46.7 Å². The summed E-state index contributed by atoms with van der Waals surface area (Å²) in [5.74, 6) is 0. The van der Waals surface area contributed by atoms with Gasteiger partial charge < -0.3 is 10.0 Å². The van der Waals surface area contributed by atoms with Crippen LogP contribution in [0.15, 0.2) is 0 Å². The van der Waals surface area contributed by atoms with Gasteiger partial charge in [-0.05, 0) is 27.4 Å². The van der Waals surface area contributed by atoms with Crippen LogP contribution in [0.2, 0.25) is 0 Å². The van der Waals surface area contributed by atoms with Gasteiger partial charge in [-0.25, -0.2) is 0 Å². The highest BCUT2D eigenvalue weighted by Crippen LogP contribution is 2.07. The number of aliphatic hydroxyl groups is 1. The first-order valence-electron chi connectivity index (χ1n) is 4.35. The Bertz CT molecular complexity index is 79.6. The number of likely N-dealkylation sites (N-methyl/N-ethyl adjacent to an activating group) is 1. The molecule has 0 fully saturated rings. The Morgan fingerprint density at radius 1 is 1.27 bits per heavy atom. The van der Waals surface area contributed by atoms with Gasteiger partial charge in [-0.2, -0.15) is 0 Å². The molecule has 0 radical (unpaired) electrons. The maximum atomic E-state index is 9.45. The van der Waals surface area contributed by atoms with E-state index in [1.165, 1.54) is 0 Å². The molecule has 0 heterocycles. The van der Waals surface area contributed by atoms with E-state index < -0.39 is 5.60 Å². The van der Waals surface area contributed by atoms with Gasteiger partial charge in [0.05, 0.1) is 5.60 Å². The number of hydrogen-bond donors (Lipinski definition) is 1. The molecule has 1 N–H and O–H groups in total. The van der Waals surface area contributed by atoms with Gasteiger partial charge in [-0.3, -0.25) is 0 Å². The molecule has 0 bridgehead atoms. The van der Waals surface area contributed by atoms with Crippen molar-refractivity contribution in [3.05, 3.63) is 0 Å². The van der Waals surface area contributed by atoms with Gasteiger partial charge in [0.2, 0.25) is 0 Å². The molecule has 0 aliphatic carbocycles. The van der Waals surface area contributed by atoms with E-state index in [-0.39, 0.29) is 0 Å². The van der Waals surface area contributed by atoms with Crippen LogP contribution in [0.3, 0.4) is 0 Å².